The molecule has 0 saturated heterocycles. The van der Waals surface area contributed by atoms with Crippen molar-refractivity contribution in [2.45, 2.75) is 6.36 Å². The predicted molar refractivity (Wildman–Crippen MR) is 66.4 cm³/mol. The van der Waals surface area contributed by atoms with Gasteiger partial charge in [-0.3, -0.25) is 4.79 Å². The number of hydrogen-bond acceptors (Lipinski definition) is 4. The average molecular weight is 291 g/mol. The third kappa shape index (κ3) is 5.04. The Bertz CT molecular complexity index is 464. The second-order valence-electron chi connectivity index (χ2n) is 4.43. The Morgan fingerprint density at radius 1 is 1.30 bits per heavy atom. The van der Waals surface area contributed by atoms with E-state index in [9.17, 15) is 18.0 Å². The van der Waals surface area contributed by atoms with Gasteiger partial charge in [0.1, 0.15) is 5.56 Å². The first-order valence-corrected chi connectivity index (χ1v) is 5.81. The number of hydrogen-bond donors (Lipinski definition) is 0. The second kappa shape index (κ2) is 6.56. The third-order valence-electron chi connectivity index (χ3n) is 2.44. The maximum Gasteiger partial charge on any atom is 0.574 e. The Balaban J connectivity index is 2.87. The van der Waals surface area contributed by atoms with E-state index in [4.69, 9.17) is 0 Å². The van der Waals surface area contributed by atoms with E-state index in [-0.39, 0.29) is 5.56 Å². The topological polar surface area (TPSA) is 45.7 Å². The van der Waals surface area contributed by atoms with Gasteiger partial charge in [0, 0.05) is 26.3 Å². The van der Waals surface area contributed by atoms with Crippen LogP contribution in [-0.2, 0) is 0 Å². The highest BCUT2D eigenvalue weighted by Crippen LogP contribution is 2.24. The van der Waals surface area contributed by atoms with Gasteiger partial charge in [-0.2, -0.15) is 0 Å². The zero-order valence-corrected chi connectivity index (χ0v) is 11.4. The molecule has 1 amide bonds. The Kier molecular flexibility index (Phi) is 5.32. The average Bonchev–Trinajstić information content (AvgIpc) is 2.33. The van der Waals surface area contributed by atoms with Crippen LogP contribution >= 0.6 is 0 Å². The summed E-state index contributed by atoms with van der Waals surface area (Å²) in [6.45, 7) is 0.976. The Morgan fingerprint density at radius 3 is 2.50 bits per heavy atom. The molecule has 0 saturated carbocycles. The molecule has 0 unspecified atom stereocenters. The van der Waals surface area contributed by atoms with Gasteiger partial charge in [-0.15, -0.1) is 13.2 Å². The van der Waals surface area contributed by atoms with Crippen LogP contribution in [0.1, 0.15) is 10.4 Å². The van der Waals surface area contributed by atoms with E-state index in [1.54, 1.807) is 0 Å². The molecule has 0 aliphatic heterocycles. The fourth-order valence-electron chi connectivity index (χ4n) is 1.40. The van der Waals surface area contributed by atoms with Gasteiger partial charge in [0.2, 0.25) is 5.88 Å². The fraction of sp³-hybridized carbons (Fsp3) is 0.500. The largest absolute Gasteiger partial charge is 0.574 e. The monoisotopic (exact) mass is 291 g/mol. The summed E-state index contributed by atoms with van der Waals surface area (Å²) in [7, 11) is 5.18. The smallest absolute Gasteiger partial charge is 0.387 e. The molecule has 0 aliphatic carbocycles. The van der Waals surface area contributed by atoms with Crippen LogP contribution in [0.5, 0.6) is 5.88 Å². The zero-order chi connectivity index (χ0) is 15.3. The van der Waals surface area contributed by atoms with Crippen LogP contribution in [0.3, 0.4) is 0 Å². The number of likely N-dealkylation sites (N-methyl/N-ethyl adjacent to an activating group) is 2. The van der Waals surface area contributed by atoms with Crippen molar-refractivity contribution in [1.82, 2.24) is 14.8 Å². The van der Waals surface area contributed by atoms with Crippen molar-refractivity contribution in [2.24, 2.45) is 0 Å². The molecule has 1 aromatic rings. The minimum absolute atomic E-state index is 0.217. The number of pyridine rings is 1. The molecule has 20 heavy (non-hydrogen) atoms. The minimum Gasteiger partial charge on any atom is -0.387 e. The lowest BCUT2D eigenvalue weighted by Gasteiger charge is -2.20. The second-order valence-corrected chi connectivity index (χ2v) is 4.43. The summed E-state index contributed by atoms with van der Waals surface area (Å²) in [5.41, 5.74) is -0.217. The first kappa shape index (κ1) is 16.2. The highest BCUT2D eigenvalue weighted by molar-refractivity contribution is 5.96. The van der Waals surface area contributed by atoms with E-state index in [1.807, 2.05) is 19.0 Å². The number of alkyl halides is 3. The number of rotatable bonds is 5. The standard InChI is InChI=1S/C12H16F3N3O2/c1-17(2)7-8-18(3)11(19)9-5-4-6-16-10(9)20-12(13,14)15/h4-6H,7-8H2,1-3H3. The molecule has 1 aromatic heterocycles. The van der Waals surface area contributed by atoms with Crippen molar-refractivity contribution in [3.8, 4) is 5.88 Å². The van der Waals surface area contributed by atoms with Crippen LogP contribution in [0.25, 0.3) is 0 Å². The number of carbonyl (C=O) groups excluding carboxylic acids is 1. The first-order chi connectivity index (χ1) is 9.20. The molecule has 0 fully saturated rings. The molecule has 0 radical (unpaired) electrons. The van der Waals surface area contributed by atoms with Crippen molar-refractivity contribution in [3.63, 3.8) is 0 Å². The van der Waals surface area contributed by atoms with E-state index < -0.39 is 18.1 Å². The van der Waals surface area contributed by atoms with Crippen LogP contribution in [0.15, 0.2) is 18.3 Å². The van der Waals surface area contributed by atoms with Crippen LogP contribution in [0.2, 0.25) is 0 Å². The number of nitrogens with zero attached hydrogens (tertiary/aromatic N) is 3. The molecular formula is C12H16F3N3O2. The van der Waals surface area contributed by atoms with Gasteiger partial charge < -0.3 is 14.5 Å². The Hall–Kier alpha value is -1.83. The van der Waals surface area contributed by atoms with Crippen LogP contribution < -0.4 is 4.74 Å². The molecule has 0 aromatic carbocycles. The first-order valence-electron chi connectivity index (χ1n) is 5.81. The van der Waals surface area contributed by atoms with E-state index >= 15 is 0 Å². The summed E-state index contributed by atoms with van der Waals surface area (Å²) in [6.07, 6.45) is -3.75. The molecule has 0 aliphatic rings. The predicted octanol–water partition coefficient (Wildman–Crippen LogP) is 1.61. The molecular weight excluding hydrogens is 275 g/mol. The molecule has 112 valence electrons. The number of halogens is 3. The molecule has 1 heterocycles. The molecule has 1 rings (SSSR count). The van der Waals surface area contributed by atoms with E-state index in [2.05, 4.69) is 9.72 Å². The van der Waals surface area contributed by atoms with Gasteiger partial charge in [-0.1, -0.05) is 0 Å². The van der Waals surface area contributed by atoms with Crippen LogP contribution in [0, 0.1) is 0 Å². The number of aromatic nitrogens is 1. The maximum atomic E-state index is 12.2. The quantitative estimate of drug-likeness (QED) is 0.827. The van der Waals surface area contributed by atoms with E-state index in [0.29, 0.717) is 13.1 Å². The van der Waals surface area contributed by atoms with E-state index in [1.165, 1.54) is 24.1 Å². The Morgan fingerprint density at radius 2 is 1.95 bits per heavy atom. The maximum absolute atomic E-state index is 12.2. The molecule has 8 heteroatoms. The van der Waals surface area contributed by atoms with Crippen LogP contribution in [-0.4, -0.2) is 61.3 Å². The third-order valence-corrected chi connectivity index (χ3v) is 2.44. The lowest BCUT2D eigenvalue weighted by molar-refractivity contribution is -0.276. The summed E-state index contributed by atoms with van der Waals surface area (Å²) in [5, 5.41) is 0. The Labute approximate surface area is 114 Å². The van der Waals surface area contributed by atoms with Gasteiger partial charge in [0.15, 0.2) is 0 Å². The van der Waals surface area contributed by atoms with Gasteiger partial charge in [-0.05, 0) is 26.2 Å². The molecule has 0 bridgehead atoms. The van der Waals surface area contributed by atoms with Crippen molar-refractivity contribution in [2.75, 3.05) is 34.2 Å². The molecule has 0 atom stereocenters. The highest BCUT2D eigenvalue weighted by Gasteiger charge is 2.34. The van der Waals surface area contributed by atoms with Gasteiger partial charge in [0.25, 0.3) is 5.91 Å². The number of carbonyl (C=O) groups is 1. The minimum atomic E-state index is -4.88. The zero-order valence-electron chi connectivity index (χ0n) is 11.4. The van der Waals surface area contributed by atoms with Gasteiger partial charge in [0.05, 0.1) is 0 Å². The van der Waals surface area contributed by atoms with E-state index in [0.717, 1.165) is 6.20 Å². The highest BCUT2D eigenvalue weighted by atomic mass is 19.4. The fourth-order valence-corrected chi connectivity index (χ4v) is 1.40. The SMILES string of the molecule is CN(C)CCN(C)C(=O)c1cccnc1OC(F)(F)F. The summed E-state index contributed by atoms with van der Waals surface area (Å²) in [6, 6.07) is 2.64. The lowest BCUT2D eigenvalue weighted by atomic mass is 10.2. The van der Waals surface area contributed by atoms with Crippen LogP contribution in [0.4, 0.5) is 13.2 Å². The van der Waals surface area contributed by atoms with Crippen molar-refractivity contribution in [3.05, 3.63) is 23.9 Å². The summed E-state index contributed by atoms with van der Waals surface area (Å²) in [4.78, 5) is 18.7. The summed E-state index contributed by atoms with van der Waals surface area (Å²) in [5.74, 6) is -1.30. The number of ether oxygens (including phenoxy) is 1. The van der Waals surface area contributed by atoms with Gasteiger partial charge in [-0.25, -0.2) is 4.98 Å². The number of amides is 1. The summed E-state index contributed by atoms with van der Waals surface area (Å²) >= 11 is 0. The van der Waals surface area contributed by atoms with Crippen molar-refractivity contribution in [1.29, 1.82) is 0 Å². The molecule has 0 N–H and O–H groups in total. The molecule has 0 spiro atoms. The van der Waals surface area contributed by atoms with Crippen molar-refractivity contribution < 1.29 is 22.7 Å². The molecule has 5 nitrogen and oxygen atoms in total. The normalized spacial score (nSPS) is 11.6. The van der Waals surface area contributed by atoms with Crippen molar-refractivity contribution >= 4 is 5.91 Å². The summed E-state index contributed by atoms with van der Waals surface area (Å²) < 4.78 is 40.5. The lowest BCUT2D eigenvalue weighted by Crippen LogP contribution is -2.34. The van der Waals surface area contributed by atoms with Gasteiger partial charge >= 0.3 is 6.36 Å².